The number of primary amides is 1. The first-order valence-corrected chi connectivity index (χ1v) is 16.9. The van der Waals surface area contributed by atoms with E-state index in [0.717, 1.165) is 57.0 Å². The Morgan fingerprint density at radius 1 is 1.02 bits per heavy atom. The highest BCUT2D eigenvalue weighted by Crippen LogP contribution is 2.32. The van der Waals surface area contributed by atoms with Crippen molar-refractivity contribution in [3.63, 3.8) is 0 Å². The molecule has 1 heterocycles. The van der Waals surface area contributed by atoms with Gasteiger partial charge in [-0.05, 0) is 68.6 Å². The lowest BCUT2D eigenvalue weighted by Crippen LogP contribution is -2.46. The van der Waals surface area contributed by atoms with Crippen LogP contribution in [0.2, 0.25) is 0 Å². The van der Waals surface area contributed by atoms with Crippen LogP contribution in [0.4, 0.5) is 0 Å². The summed E-state index contributed by atoms with van der Waals surface area (Å²) in [6, 6.07) is 5.62. The van der Waals surface area contributed by atoms with Crippen LogP contribution in [-0.2, 0) is 25.5 Å². The van der Waals surface area contributed by atoms with Crippen LogP contribution in [-0.4, -0.2) is 100 Å². The Morgan fingerprint density at radius 3 is 2.30 bits per heavy atom. The van der Waals surface area contributed by atoms with Crippen molar-refractivity contribution in [2.75, 3.05) is 66.3 Å². The maximum Gasteiger partial charge on any atom is 0.224 e. The van der Waals surface area contributed by atoms with E-state index in [1.165, 1.54) is 0 Å². The molecule has 11 nitrogen and oxygen atoms in total. The molecule has 11 heteroatoms. The maximum absolute atomic E-state index is 13.0. The third-order valence-electron chi connectivity index (χ3n) is 9.05. The number of aliphatic hydroxyl groups is 1. The van der Waals surface area contributed by atoms with Crippen molar-refractivity contribution in [1.82, 2.24) is 10.2 Å². The normalized spacial score (nSPS) is 17.0. The van der Waals surface area contributed by atoms with Gasteiger partial charge in [-0.25, -0.2) is 0 Å². The lowest BCUT2D eigenvalue weighted by molar-refractivity contribution is -0.130. The third-order valence-corrected chi connectivity index (χ3v) is 9.05. The second kappa shape index (κ2) is 20.0. The fourth-order valence-corrected chi connectivity index (χ4v) is 5.45. The van der Waals surface area contributed by atoms with Crippen molar-refractivity contribution in [2.24, 2.45) is 40.6 Å². The number of hydrogen-bond acceptors (Lipinski definition) is 9. The first-order chi connectivity index (χ1) is 21.7. The van der Waals surface area contributed by atoms with Gasteiger partial charge in [0.1, 0.15) is 6.61 Å². The molecule has 0 saturated carbocycles. The van der Waals surface area contributed by atoms with Gasteiger partial charge in [0.25, 0.3) is 0 Å². The summed E-state index contributed by atoms with van der Waals surface area (Å²) in [4.78, 5) is 27.1. The van der Waals surface area contributed by atoms with Crippen LogP contribution in [0.3, 0.4) is 0 Å². The van der Waals surface area contributed by atoms with Gasteiger partial charge in [0.05, 0.1) is 31.3 Å². The van der Waals surface area contributed by atoms with E-state index < -0.39 is 29.4 Å². The lowest BCUT2D eigenvalue weighted by atomic mass is 9.80. The number of benzene rings is 1. The van der Waals surface area contributed by atoms with E-state index in [-0.39, 0.29) is 30.7 Å². The number of hydrogen-bond donors (Lipinski definition) is 4. The van der Waals surface area contributed by atoms with Gasteiger partial charge in [-0.15, -0.1) is 0 Å². The molecule has 0 bridgehead atoms. The summed E-state index contributed by atoms with van der Waals surface area (Å²) in [5.41, 5.74) is 12.3. The van der Waals surface area contributed by atoms with Crippen LogP contribution in [0, 0.1) is 29.1 Å². The van der Waals surface area contributed by atoms with Crippen molar-refractivity contribution in [3.8, 4) is 11.5 Å². The van der Waals surface area contributed by atoms with Gasteiger partial charge in [-0.3, -0.25) is 14.5 Å². The molecule has 4 atom stereocenters. The number of carbonyl (C=O) groups excluding carboxylic acids is 2. The van der Waals surface area contributed by atoms with Gasteiger partial charge in [-0.2, -0.15) is 0 Å². The van der Waals surface area contributed by atoms with Crippen molar-refractivity contribution < 1.29 is 33.6 Å². The summed E-state index contributed by atoms with van der Waals surface area (Å²) in [7, 11) is 1.68. The third kappa shape index (κ3) is 13.7. The number of rotatable bonds is 22. The molecule has 0 aromatic heterocycles. The number of morpholine rings is 1. The highest BCUT2D eigenvalue weighted by Gasteiger charge is 2.32. The molecule has 6 N–H and O–H groups in total. The SMILES string of the molecule is COCCCOc1cc(C[C@@H](C[C@H](N)[C@@H](O)C[C@@H](C(=O)NCC(C)(C)C(N)=O)C(C)C)C(C)C)ccc1OCCN1CCOCC1. The predicted molar refractivity (Wildman–Crippen MR) is 181 cm³/mol. The van der Waals surface area contributed by atoms with Crippen molar-refractivity contribution in [1.29, 1.82) is 0 Å². The van der Waals surface area contributed by atoms with E-state index in [2.05, 4.69) is 36.2 Å². The second-order valence-corrected chi connectivity index (χ2v) is 14.0. The minimum atomic E-state index is -0.862. The van der Waals surface area contributed by atoms with Gasteiger partial charge >= 0.3 is 0 Å². The Bertz CT molecular complexity index is 1050. The molecule has 1 aromatic rings. The number of nitrogens with one attached hydrogen (secondary N) is 1. The standard InChI is InChI=1S/C35H62N4O7/c1-24(2)27(21-29(36)30(40)22-28(25(3)4)33(41)38-23-35(5,6)34(37)42)19-26-9-10-31(32(20-26)45-15-8-14-43-7)46-18-13-39-11-16-44-17-12-39/h9-10,20,24-25,27-30,40H,8,11-19,21-23,36H2,1-7H3,(H2,37,42)(H,38,41)/t27-,28+,29-,30-/m0/s1. The minimum absolute atomic E-state index is 0.0173. The summed E-state index contributed by atoms with van der Waals surface area (Å²) < 4.78 is 23.0. The van der Waals surface area contributed by atoms with Crippen LogP contribution >= 0.6 is 0 Å². The lowest BCUT2D eigenvalue weighted by Gasteiger charge is -2.30. The largest absolute Gasteiger partial charge is 0.490 e. The number of aliphatic hydroxyl groups excluding tert-OH is 1. The molecule has 1 aliphatic heterocycles. The van der Waals surface area contributed by atoms with Crippen LogP contribution in [0.1, 0.15) is 66.4 Å². The van der Waals surface area contributed by atoms with Crippen LogP contribution in [0.25, 0.3) is 0 Å². The average molecular weight is 651 g/mol. The average Bonchev–Trinajstić information content (AvgIpc) is 3.01. The van der Waals surface area contributed by atoms with Crippen molar-refractivity contribution in [2.45, 2.75) is 79.4 Å². The van der Waals surface area contributed by atoms with Crippen molar-refractivity contribution >= 4 is 11.8 Å². The van der Waals surface area contributed by atoms with Crippen LogP contribution in [0.15, 0.2) is 18.2 Å². The number of ether oxygens (including phenoxy) is 4. The number of amides is 2. The van der Waals surface area contributed by atoms with Crippen LogP contribution in [0.5, 0.6) is 11.5 Å². The molecule has 1 saturated heterocycles. The number of methoxy groups -OCH3 is 1. The molecular formula is C35H62N4O7. The summed E-state index contributed by atoms with van der Waals surface area (Å²) in [6.07, 6.45) is 1.51. The number of nitrogens with zero attached hydrogens (tertiary/aromatic N) is 1. The van der Waals surface area contributed by atoms with Crippen molar-refractivity contribution in [3.05, 3.63) is 23.8 Å². The van der Waals surface area contributed by atoms with Gasteiger partial charge in [0.2, 0.25) is 11.8 Å². The zero-order valence-electron chi connectivity index (χ0n) is 29.4. The Kier molecular flexibility index (Phi) is 17.3. The van der Waals surface area contributed by atoms with Gasteiger partial charge < -0.3 is 40.8 Å². The highest BCUT2D eigenvalue weighted by atomic mass is 16.5. The highest BCUT2D eigenvalue weighted by molar-refractivity contribution is 5.83. The van der Waals surface area contributed by atoms with Crippen LogP contribution < -0.4 is 26.3 Å². The van der Waals surface area contributed by atoms with E-state index in [1.54, 1.807) is 21.0 Å². The smallest absolute Gasteiger partial charge is 0.224 e. The molecule has 0 unspecified atom stereocenters. The van der Waals surface area contributed by atoms with E-state index in [0.29, 0.717) is 37.9 Å². The molecule has 0 aliphatic carbocycles. The zero-order valence-corrected chi connectivity index (χ0v) is 29.4. The molecule has 1 aromatic carbocycles. The Hall–Kier alpha value is -2.44. The summed E-state index contributed by atoms with van der Waals surface area (Å²) in [5, 5.41) is 14.0. The minimum Gasteiger partial charge on any atom is -0.490 e. The Labute approximate surface area is 277 Å². The molecule has 264 valence electrons. The quantitative estimate of drug-likeness (QED) is 0.138. The molecule has 1 aliphatic rings. The Morgan fingerprint density at radius 2 is 1.70 bits per heavy atom. The molecule has 2 amide bonds. The van der Waals surface area contributed by atoms with Gasteiger partial charge in [0.15, 0.2) is 11.5 Å². The topological polar surface area (TPSA) is 159 Å². The van der Waals surface area contributed by atoms with E-state index in [4.69, 9.17) is 30.4 Å². The van der Waals surface area contributed by atoms with Gasteiger partial charge in [-0.1, -0.05) is 33.8 Å². The number of nitrogens with two attached hydrogens (primary N) is 2. The Balaban J connectivity index is 2.06. The van der Waals surface area contributed by atoms with E-state index in [1.807, 2.05) is 19.9 Å². The molecule has 1 fully saturated rings. The van der Waals surface area contributed by atoms with E-state index >= 15 is 0 Å². The molecular weight excluding hydrogens is 588 g/mol. The van der Waals surface area contributed by atoms with Gasteiger partial charge in [0, 0.05) is 58.3 Å². The zero-order chi connectivity index (χ0) is 34.3. The monoisotopic (exact) mass is 650 g/mol. The summed E-state index contributed by atoms with van der Waals surface area (Å²) in [6.45, 7) is 17.6. The molecule has 0 radical (unpaired) electrons. The summed E-state index contributed by atoms with van der Waals surface area (Å²) >= 11 is 0. The maximum atomic E-state index is 13.0. The number of carbonyl (C=O) groups is 2. The molecule has 2 rings (SSSR count). The summed E-state index contributed by atoms with van der Waals surface area (Å²) in [5.74, 6) is 0.795. The van der Waals surface area contributed by atoms with E-state index in [9.17, 15) is 14.7 Å². The first-order valence-electron chi connectivity index (χ1n) is 16.9. The molecule has 46 heavy (non-hydrogen) atoms. The fraction of sp³-hybridized carbons (Fsp3) is 0.771. The predicted octanol–water partition coefficient (Wildman–Crippen LogP) is 3.00. The fourth-order valence-electron chi connectivity index (χ4n) is 5.45. The second-order valence-electron chi connectivity index (χ2n) is 14.0. The first kappa shape index (κ1) is 39.7. The molecule has 0 spiro atoms.